The minimum absolute atomic E-state index is 0.258. The number of aromatic amines is 1. The summed E-state index contributed by atoms with van der Waals surface area (Å²) in [5, 5.41) is 9.33. The number of benzene rings is 3. The third kappa shape index (κ3) is 5.84. The van der Waals surface area contributed by atoms with E-state index in [9.17, 15) is 36.6 Å². The van der Waals surface area contributed by atoms with Crippen molar-refractivity contribution in [3.63, 3.8) is 0 Å². The van der Waals surface area contributed by atoms with Crippen LogP contribution >= 0.6 is 0 Å². The Morgan fingerprint density at radius 2 is 1.64 bits per heavy atom. The zero-order valence-electron chi connectivity index (χ0n) is 20.5. The number of nitrogens with one attached hydrogen (secondary N) is 1. The van der Waals surface area contributed by atoms with Gasteiger partial charge in [-0.15, -0.1) is 0 Å². The Hall–Kier alpha value is -4.47. The molecule has 1 unspecified atom stereocenters. The second-order valence-corrected chi connectivity index (χ2v) is 8.72. The van der Waals surface area contributed by atoms with Crippen LogP contribution in [0.25, 0.3) is 11.1 Å². The summed E-state index contributed by atoms with van der Waals surface area (Å²) in [7, 11) is 0. The Morgan fingerprint density at radius 1 is 0.923 bits per heavy atom. The molecule has 202 valence electrons. The molecule has 1 atom stereocenters. The van der Waals surface area contributed by atoms with Crippen molar-refractivity contribution in [1.29, 1.82) is 0 Å². The number of carbonyl (C=O) groups excluding carboxylic acids is 1. The number of alkyl halides is 3. The topological polar surface area (TPSA) is 79.4 Å². The number of aromatic nitrogens is 1. The molecule has 0 aliphatic carbocycles. The Kier molecular flexibility index (Phi) is 7.85. The second-order valence-electron chi connectivity index (χ2n) is 8.72. The second kappa shape index (κ2) is 11.1. The van der Waals surface area contributed by atoms with Crippen molar-refractivity contribution in [3.8, 4) is 16.9 Å². The fraction of sp³-hybridized carbons (Fsp3) is 0.172. The SMILES string of the molecule is CCCOc1ccc(-c2ccc(F)c(C(=O)O)c2)cc1C(C(=O)c1ccc(C(F)(F)F)cc1F)c1ccc[nH]1. The van der Waals surface area contributed by atoms with Gasteiger partial charge >= 0.3 is 12.1 Å². The predicted molar refractivity (Wildman–Crippen MR) is 133 cm³/mol. The minimum Gasteiger partial charge on any atom is -0.493 e. The highest BCUT2D eigenvalue weighted by molar-refractivity contribution is 6.03. The van der Waals surface area contributed by atoms with Gasteiger partial charge in [0.1, 0.15) is 17.4 Å². The van der Waals surface area contributed by atoms with Gasteiger partial charge in [-0.05, 0) is 72.1 Å². The smallest absolute Gasteiger partial charge is 0.416 e. The number of carbonyl (C=O) groups is 2. The molecule has 0 amide bonds. The maximum absolute atomic E-state index is 14.9. The minimum atomic E-state index is -4.79. The zero-order valence-corrected chi connectivity index (χ0v) is 20.5. The molecule has 4 aromatic rings. The van der Waals surface area contributed by atoms with Gasteiger partial charge in [0, 0.05) is 17.5 Å². The number of rotatable bonds is 9. The normalized spacial score (nSPS) is 12.3. The molecule has 10 heteroatoms. The van der Waals surface area contributed by atoms with Crippen molar-refractivity contribution in [2.75, 3.05) is 6.61 Å². The fourth-order valence-corrected chi connectivity index (χ4v) is 4.19. The number of hydrogen-bond donors (Lipinski definition) is 2. The molecule has 1 aromatic heterocycles. The van der Waals surface area contributed by atoms with Gasteiger partial charge in [-0.3, -0.25) is 4.79 Å². The molecular weight excluding hydrogens is 521 g/mol. The van der Waals surface area contributed by atoms with Gasteiger partial charge in [-0.1, -0.05) is 19.1 Å². The summed E-state index contributed by atoms with van der Waals surface area (Å²) < 4.78 is 74.0. The van der Waals surface area contributed by atoms with Crippen LogP contribution in [0.1, 0.15) is 56.8 Å². The van der Waals surface area contributed by atoms with Crippen molar-refractivity contribution in [3.05, 3.63) is 113 Å². The molecule has 0 bridgehead atoms. The quantitative estimate of drug-likeness (QED) is 0.169. The largest absolute Gasteiger partial charge is 0.493 e. The molecule has 39 heavy (non-hydrogen) atoms. The first-order valence-electron chi connectivity index (χ1n) is 11.9. The molecular formula is C29H22F5NO4. The van der Waals surface area contributed by atoms with Gasteiger partial charge in [-0.25, -0.2) is 13.6 Å². The maximum atomic E-state index is 14.9. The van der Waals surface area contributed by atoms with E-state index >= 15 is 0 Å². The molecule has 0 saturated carbocycles. The van der Waals surface area contributed by atoms with Crippen molar-refractivity contribution in [2.24, 2.45) is 0 Å². The lowest BCUT2D eigenvalue weighted by Gasteiger charge is -2.21. The van der Waals surface area contributed by atoms with E-state index in [2.05, 4.69) is 4.98 Å². The fourth-order valence-electron chi connectivity index (χ4n) is 4.19. The molecule has 5 nitrogen and oxygen atoms in total. The van der Waals surface area contributed by atoms with Gasteiger partial charge in [0.25, 0.3) is 0 Å². The summed E-state index contributed by atoms with van der Waals surface area (Å²) in [6, 6.07) is 13.1. The van der Waals surface area contributed by atoms with Crippen molar-refractivity contribution in [1.82, 2.24) is 4.98 Å². The van der Waals surface area contributed by atoms with Gasteiger partial charge < -0.3 is 14.8 Å². The highest BCUT2D eigenvalue weighted by Crippen LogP contribution is 2.39. The van der Waals surface area contributed by atoms with Crippen LogP contribution in [0.2, 0.25) is 0 Å². The molecule has 0 aliphatic rings. The van der Waals surface area contributed by atoms with Crippen LogP contribution in [0.5, 0.6) is 5.75 Å². The molecule has 3 aromatic carbocycles. The van der Waals surface area contributed by atoms with Crippen molar-refractivity contribution >= 4 is 11.8 Å². The van der Waals surface area contributed by atoms with E-state index in [0.717, 1.165) is 18.2 Å². The van der Waals surface area contributed by atoms with Gasteiger partial charge in [-0.2, -0.15) is 13.2 Å². The first kappa shape index (κ1) is 27.6. The molecule has 0 radical (unpaired) electrons. The summed E-state index contributed by atoms with van der Waals surface area (Å²) in [4.78, 5) is 28.1. The molecule has 2 N–H and O–H groups in total. The number of carboxylic acid groups (broad SMARTS) is 1. The van der Waals surface area contributed by atoms with Crippen LogP contribution < -0.4 is 4.74 Å². The van der Waals surface area contributed by atoms with Gasteiger partial charge in [0.2, 0.25) is 0 Å². The van der Waals surface area contributed by atoms with Crippen LogP contribution in [0, 0.1) is 11.6 Å². The molecule has 1 heterocycles. The summed E-state index contributed by atoms with van der Waals surface area (Å²) in [6.07, 6.45) is -2.63. The van der Waals surface area contributed by atoms with Crippen LogP contribution in [-0.2, 0) is 6.18 Å². The summed E-state index contributed by atoms with van der Waals surface area (Å²) >= 11 is 0. The third-order valence-electron chi connectivity index (χ3n) is 6.07. The molecule has 4 rings (SSSR count). The van der Waals surface area contributed by atoms with E-state index in [1.165, 1.54) is 18.3 Å². The molecule has 0 fully saturated rings. The lowest BCUT2D eigenvalue weighted by molar-refractivity contribution is -0.137. The Labute approximate surface area is 219 Å². The molecule has 0 aliphatic heterocycles. The predicted octanol–water partition coefficient (Wildman–Crippen LogP) is 7.48. The van der Waals surface area contributed by atoms with Gasteiger partial charge in [0.15, 0.2) is 5.78 Å². The lowest BCUT2D eigenvalue weighted by Crippen LogP contribution is -2.18. The number of ketones is 1. The summed E-state index contributed by atoms with van der Waals surface area (Å²) in [5.74, 6) is -5.50. The highest BCUT2D eigenvalue weighted by Gasteiger charge is 2.34. The van der Waals surface area contributed by atoms with E-state index in [4.69, 9.17) is 4.74 Å². The van der Waals surface area contributed by atoms with Gasteiger partial charge in [0.05, 0.1) is 29.2 Å². The summed E-state index contributed by atoms with van der Waals surface area (Å²) in [6.45, 7) is 2.14. The zero-order chi connectivity index (χ0) is 28.3. The standard InChI is InChI=1S/C29H22F5NO4/c1-2-12-39-25-10-6-17(16-5-9-22(30)20(13-16)28(37)38)14-21(25)26(24-4-3-11-35-24)27(36)19-8-7-18(15-23(19)31)29(32,33)34/h3-11,13-15,26,35H,2,12H2,1H3,(H,37,38). The average Bonchev–Trinajstić information content (AvgIpc) is 3.42. The highest BCUT2D eigenvalue weighted by atomic mass is 19.4. The molecule has 0 saturated heterocycles. The lowest BCUT2D eigenvalue weighted by atomic mass is 9.85. The van der Waals surface area contributed by atoms with E-state index in [0.29, 0.717) is 29.3 Å². The van der Waals surface area contributed by atoms with E-state index in [1.807, 2.05) is 6.92 Å². The van der Waals surface area contributed by atoms with Crippen LogP contribution in [-0.4, -0.2) is 28.4 Å². The molecule has 0 spiro atoms. The van der Waals surface area contributed by atoms with Crippen LogP contribution in [0.15, 0.2) is 72.9 Å². The Bertz CT molecular complexity index is 1510. The number of H-pyrrole nitrogens is 1. The van der Waals surface area contributed by atoms with Crippen molar-refractivity contribution in [2.45, 2.75) is 25.4 Å². The average molecular weight is 543 g/mol. The van der Waals surface area contributed by atoms with Crippen molar-refractivity contribution < 1.29 is 41.4 Å². The maximum Gasteiger partial charge on any atom is 0.416 e. The van der Waals surface area contributed by atoms with E-state index in [-0.39, 0.29) is 24.0 Å². The number of carboxylic acids is 1. The van der Waals surface area contributed by atoms with Crippen LogP contribution in [0.3, 0.4) is 0 Å². The Balaban J connectivity index is 1.89. The van der Waals surface area contributed by atoms with E-state index < -0.39 is 52.2 Å². The summed E-state index contributed by atoms with van der Waals surface area (Å²) in [5.41, 5.74) is -1.01. The number of hydrogen-bond acceptors (Lipinski definition) is 3. The Morgan fingerprint density at radius 3 is 2.26 bits per heavy atom. The third-order valence-corrected chi connectivity index (χ3v) is 6.07. The monoisotopic (exact) mass is 543 g/mol. The first-order chi connectivity index (χ1) is 18.5. The first-order valence-corrected chi connectivity index (χ1v) is 11.9. The number of halogens is 5. The number of ether oxygens (including phenoxy) is 1. The number of Topliss-reactive ketones (excluding diaryl/α,β-unsaturated/α-hetero) is 1. The van der Waals surface area contributed by atoms with Crippen LogP contribution in [0.4, 0.5) is 22.0 Å². The van der Waals surface area contributed by atoms with E-state index in [1.54, 1.807) is 24.3 Å². The number of aromatic carboxylic acids is 1.